The second kappa shape index (κ2) is 5.77. The fourth-order valence-electron chi connectivity index (χ4n) is 1.29. The highest BCUT2D eigenvalue weighted by molar-refractivity contribution is 5.41. The van der Waals surface area contributed by atoms with Crippen molar-refractivity contribution in [2.75, 3.05) is 13.7 Å². The smallest absolute Gasteiger partial charge is 0.390 e. The second-order valence-electron chi connectivity index (χ2n) is 3.55. The van der Waals surface area contributed by atoms with Crippen LogP contribution in [0.5, 0.6) is 11.5 Å². The number of benzene rings is 1. The highest BCUT2D eigenvalue weighted by atomic mass is 19.4. The molecule has 0 aliphatic carbocycles. The molecule has 0 saturated carbocycles. The molecule has 0 aliphatic heterocycles. The van der Waals surface area contributed by atoms with Crippen LogP contribution >= 0.6 is 0 Å². The molecule has 1 aromatic carbocycles. The van der Waals surface area contributed by atoms with E-state index in [2.05, 4.69) is 5.32 Å². The van der Waals surface area contributed by atoms with Crippen LogP contribution in [-0.4, -0.2) is 24.9 Å². The Bertz CT molecular complexity index is 366. The molecule has 0 amide bonds. The van der Waals surface area contributed by atoms with Crippen LogP contribution in [-0.2, 0) is 6.54 Å². The molecule has 0 aromatic heterocycles. The van der Waals surface area contributed by atoms with Crippen molar-refractivity contribution in [3.05, 3.63) is 23.8 Å². The highest BCUT2D eigenvalue weighted by Crippen LogP contribution is 2.26. The van der Waals surface area contributed by atoms with Gasteiger partial charge in [-0.15, -0.1) is 0 Å². The van der Waals surface area contributed by atoms with Crippen LogP contribution in [0, 0.1) is 0 Å². The first kappa shape index (κ1) is 13.6. The number of halogens is 3. The van der Waals surface area contributed by atoms with Crippen LogP contribution in [0.15, 0.2) is 18.2 Å². The lowest BCUT2D eigenvalue weighted by atomic mass is 10.2. The van der Waals surface area contributed by atoms with Gasteiger partial charge in [0.2, 0.25) is 0 Å². The van der Waals surface area contributed by atoms with Gasteiger partial charge in [0.15, 0.2) is 11.5 Å². The summed E-state index contributed by atoms with van der Waals surface area (Å²) in [4.78, 5) is 0. The Morgan fingerprint density at radius 3 is 2.65 bits per heavy atom. The zero-order valence-corrected chi connectivity index (χ0v) is 9.34. The highest BCUT2D eigenvalue weighted by Gasteiger charge is 2.25. The second-order valence-corrected chi connectivity index (χ2v) is 3.55. The Balaban J connectivity index is 2.42. The van der Waals surface area contributed by atoms with E-state index in [1.54, 1.807) is 12.1 Å². The minimum atomic E-state index is -4.14. The largest absolute Gasteiger partial charge is 0.504 e. The lowest BCUT2D eigenvalue weighted by Crippen LogP contribution is -2.21. The van der Waals surface area contributed by atoms with Gasteiger partial charge < -0.3 is 15.2 Å². The van der Waals surface area contributed by atoms with Crippen molar-refractivity contribution in [1.82, 2.24) is 5.32 Å². The zero-order chi connectivity index (χ0) is 12.9. The SMILES string of the molecule is COc1cc(CNCCC(F)(F)F)ccc1O. The number of phenolic OH excluding ortho intramolecular Hbond substituents is 1. The molecule has 96 valence electrons. The van der Waals surface area contributed by atoms with E-state index in [1.165, 1.54) is 13.2 Å². The first-order valence-electron chi connectivity index (χ1n) is 5.06. The van der Waals surface area contributed by atoms with Gasteiger partial charge in [-0.1, -0.05) is 6.07 Å². The fourth-order valence-corrected chi connectivity index (χ4v) is 1.29. The molecule has 1 aromatic rings. The van der Waals surface area contributed by atoms with Crippen LogP contribution in [0.1, 0.15) is 12.0 Å². The van der Waals surface area contributed by atoms with Gasteiger partial charge in [-0.2, -0.15) is 13.2 Å². The fraction of sp³-hybridized carbons (Fsp3) is 0.455. The Morgan fingerprint density at radius 1 is 1.35 bits per heavy atom. The lowest BCUT2D eigenvalue weighted by molar-refractivity contribution is -0.133. The Labute approximate surface area is 97.2 Å². The average molecular weight is 249 g/mol. The number of phenols is 1. The van der Waals surface area contributed by atoms with Gasteiger partial charge >= 0.3 is 6.18 Å². The zero-order valence-electron chi connectivity index (χ0n) is 9.34. The van der Waals surface area contributed by atoms with Crippen molar-refractivity contribution in [1.29, 1.82) is 0 Å². The number of aromatic hydroxyl groups is 1. The van der Waals surface area contributed by atoms with Gasteiger partial charge in [0, 0.05) is 13.1 Å². The van der Waals surface area contributed by atoms with Gasteiger partial charge in [-0.3, -0.25) is 0 Å². The third-order valence-electron chi connectivity index (χ3n) is 2.16. The molecule has 1 rings (SSSR count). The molecule has 0 radical (unpaired) electrons. The topological polar surface area (TPSA) is 41.5 Å². The molecule has 0 aliphatic rings. The Morgan fingerprint density at radius 2 is 2.06 bits per heavy atom. The van der Waals surface area contributed by atoms with Crippen LogP contribution in [0.25, 0.3) is 0 Å². The molecule has 0 atom stereocenters. The van der Waals surface area contributed by atoms with Crippen molar-refractivity contribution in [2.45, 2.75) is 19.1 Å². The standard InChI is InChI=1S/C11H14F3NO2/c1-17-10-6-8(2-3-9(10)16)7-15-5-4-11(12,13)14/h2-3,6,15-16H,4-5,7H2,1H3. The predicted molar refractivity (Wildman–Crippen MR) is 57.0 cm³/mol. The average Bonchev–Trinajstić information content (AvgIpc) is 2.25. The van der Waals surface area contributed by atoms with Crippen LogP contribution < -0.4 is 10.1 Å². The number of rotatable bonds is 5. The van der Waals surface area contributed by atoms with E-state index in [9.17, 15) is 18.3 Å². The summed E-state index contributed by atoms with van der Waals surface area (Å²) >= 11 is 0. The van der Waals surface area contributed by atoms with Gasteiger partial charge in [0.1, 0.15) is 0 Å². The maximum atomic E-state index is 11.9. The number of hydrogen-bond donors (Lipinski definition) is 2. The van der Waals surface area contributed by atoms with E-state index in [1.807, 2.05) is 0 Å². The van der Waals surface area contributed by atoms with Gasteiger partial charge in [0.25, 0.3) is 0 Å². The van der Waals surface area contributed by atoms with E-state index in [-0.39, 0.29) is 12.3 Å². The number of nitrogens with one attached hydrogen (secondary N) is 1. The van der Waals surface area contributed by atoms with E-state index < -0.39 is 12.6 Å². The summed E-state index contributed by atoms with van der Waals surface area (Å²) in [6, 6.07) is 4.65. The monoisotopic (exact) mass is 249 g/mol. The van der Waals surface area contributed by atoms with Crippen molar-refractivity contribution in [3.8, 4) is 11.5 Å². The molecule has 17 heavy (non-hydrogen) atoms. The number of alkyl halides is 3. The summed E-state index contributed by atoms with van der Waals surface area (Å²) < 4.78 is 40.5. The van der Waals surface area contributed by atoms with Crippen LogP contribution in [0.4, 0.5) is 13.2 Å². The van der Waals surface area contributed by atoms with Crippen molar-refractivity contribution in [3.63, 3.8) is 0 Å². The molecule has 0 heterocycles. The third-order valence-corrected chi connectivity index (χ3v) is 2.16. The van der Waals surface area contributed by atoms with E-state index in [0.29, 0.717) is 12.3 Å². The molecule has 3 nitrogen and oxygen atoms in total. The van der Waals surface area contributed by atoms with Gasteiger partial charge in [-0.05, 0) is 17.7 Å². The van der Waals surface area contributed by atoms with E-state index in [4.69, 9.17) is 4.74 Å². The lowest BCUT2D eigenvalue weighted by Gasteiger charge is -2.09. The summed E-state index contributed by atoms with van der Waals surface area (Å²) in [5, 5.41) is 12.0. The first-order valence-corrected chi connectivity index (χ1v) is 5.06. The molecule has 0 fully saturated rings. The Kier molecular flexibility index (Phi) is 4.62. The maximum absolute atomic E-state index is 11.9. The summed E-state index contributed by atoms with van der Waals surface area (Å²) in [5.74, 6) is 0.312. The first-order chi connectivity index (χ1) is 7.92. The van der Waals surface area contributed by atoms with Crippen molar-refractivity contribution < 1.29 is 23.0 Å². The van der Waals surface area contributed by atoms with E-state index in [0.717, 1.165) is 5.56 Å². The van der Waals surface area contributed by atoms with Gasteiger partial charge in [0.05, 0.1) is 13.5 Å². The minimum absolute atomic E-state index is 0.00606. The molecule has 2 N–H and O–H groups in total. The molecule has 0 bridgehead atoms. The number of hydrogen-bond acceptors (Lipinski definition) is 3. The van der Waals surface area contributed by atoms with E-state index >= 15 is 0 Å². The predicted octanol–water partition coefficient (Wildman–Crippen LogP) is 2.44. The van der Waals surface area contributed by atoms with Gasteiger partial charge in [-0.25, -0.2) is 0 Å². The minimum Gasteiger partial charge on any atom is -0.504 e. The summed E-state index contributed by atoms with van der Waals surface area (Å²) in [5.41, 5.74) is 0.752. The molecule has 6 heteroatoms. The van der Waals surface area contributed by atoms with Crippen LogP contribution in [0.2, 0.25) is 0 Å². The van der Waals surface area contributed by atoms with Crippen molar-refractivity contribution in [2.24, 2.45) is 0 Å². The molecular formula is C11H14F3NO2. The maximum Gasteiger partial charge on any atom is 0.390 e. The Hall–Kier alpha value is -1.43. The summed E-state index contributed by atoms with van der Waals surface area (Å²) in [6.07, 6.45) is -5.00. The normalized spacial score (nSPS) is 11.5. The molecule has 0 saturated heterocycles. The number of methoxy groups -OCH3 is 1. The van der Waals surface area contributed by atoms with Crippen molar-refractivity contribution >= 4 is 0 Å². The number of ether oxygens (including phenoxy) is 1. The van der Waals surface area contributed by atoms with Crippen LogP contribution in [0.3, 0.4) is 0 Å². The third kappa shape index (κ3) is 4.95. The summed E-state index contributed by atoms with van der Waals surface area (Å²) in [7, 11) is 1.41. The molecule has 0 unspecified atom stereocenters. The molecular weight excluding hydrogens is 235 g/mol. The quantitative estimate of drug-likeness (QED) is 0.787. The molecule has 0 spiro atoms. The summed E-state index contributed by atoms with van der Waals surface area (Å²) in [6.45, 7) is 0.166.